The third-order valence-electron chi connectivity index (χ3n) is 3.25. The summed E-state index contributed by atoms with van der Waals surface area (Å²) in [7, 11) is 0. The summed E-state index contributed by atoms with van der Waals surface area (Å²) in [6.07, 6.45) is 2.97. The number of rotatable bonds is 6. The Labute approximate surface area is 135 Å². The highest BCUT2D eigenvalue weighted by Crippen LogP contribution is 2.18. The lowest BCUT2D eigenvalue weighted by Crippen LogP contribution is -2.32. The zero-order valence-electron chi connectivity index (χ0n) is 13.9. The van der Waals surface area contributed by atoms with Gasteiger partial charge in [-0.3, -0.25) is 0 Å². The molecular formula is C16H24N4O3. The maximum Gasteiger partial charge on any atom is 0.428 e. The maximum atomic E-state index is 11.9. The molecule has 2 N–H and O–H groups in total. The Hall–Kier alpha value is -2.15. The van der Waals surface area contributed by atoms with Crippen molar-refractivity contribution >= 4 is 17.1 Å². The lowest BCUT2D eigenvalue weighted by Gasteiger charge is -2.19. The highest BCUT2D eigenvalue weighted by molar-refractivity contribution is 5.82. The number of aliphatic hydroxyl groups is 1. The van der Waals surface area contributed by atoms with Gasteiger partial charge in [-0.1, -0.05) is 18.6 Å². The molecule has 126 valence electrons. The number of aliphatic hydroxyl groups excluding tert-OH is 1. The van der Waals surface area contributed by atoms with E-state index >= 15 is 0 Å². The normalized spacial score (nSPS) is 11.7. The molecule has 0 saturated heterocycles. The van der Waals surface area contributed by atoms with Crippen molar-refractivity contribution in [3.05, 3.63) is 23.8 Å². The zero-order valence-corrected chi connectivity index (χ0v) is 13.9. The summed E-state index contributed by atoms with van der Waals surface area (Å²) in [5.41, 5.74) is 4.59. The number of nitrogens with one attached hydrogen (secondary N) is 1. The molecule has 1 aromatic heterocycles. The van der Waals surface area contributed by atoms with E-state index in [1.807, 2.05) is 18.2 Å². The van der Waals surface area contributed by atoms with Crippen LogP contribution in [0.3, 0.4) is 0 Å². The first-order valence-electron chi connectivity index (χ1n) is 7.85. The Morgan fingerprint density at radius 1 is 1.30 bits per heavy atom. The van der Waals surface area contributed by atoms with Gasteiger partial charge < -0.3 is 9.84 Å². The summed E-state index contributed by atoms with van der Waals surface area (Å²) in [5, 5.41) is 16.9. The number of fused-ring (bicyclic) bond motifs is 1. The molecule has 0 fully saturated rings. The average molecular weight is 320 g/mol. The SMILES string of the molecule is CC(C)(C)OC(=O)Nn1nnc2cccc(CCCCCO)c21. The van der Waals surface area contributed by atoms with Gasteiger partial charge in [-0.15, -0.1) is 9.89 Å². The fraction of sp³-hybridized carbons (Fsp3) is 0.562. The molecule has 0 bridgehead atoms. The smallest absolute Gasteiger partial charge is 0.428 e. The lowest BCUT2D eigenvalue weighted by atomic mass is 10.1. The first kappa shape index (κ1) is 17.2. The average Bonchev–Trinajstić information content (AvgIpc) is 2.85. The van der Waals surface area contributed by atoms with Gasteiger partial charge in [0.05, 0.1) is 0 Å². The monoisotopic (exact) mass is 320 g/mol. The molecule has 0 aliphatic heterocycles. The van der Waals surface area contributed by atoms with Crippen LogP contribution in [0.15, 0.2) is 18.2 Å². The number of para-hydroxylation sites is 1. The number of carbonyl (C=O) groups excluding carboxylic acids is 1. The number of hydrogen-bond acceptors (Lipinski definition) is 5. The first-order valence-corrected chi connectivity index (χ1v) is 7.85. The van der Waals surface area contributed by atoms with Crippen LogP contribution in [0.2, 0.25) is 0 Å². The molecule has 2 aromatic rings. The number of unbranched alkanes of at least 4 members (excludes halogenated alkanes) is 2. The number of nitrogens with zero attached hydrogens (tertiary/aromatic N) is 3. The van der Waals surface area contributed by atoms with Crippen molar-refractivity contribution < 1.29 is 14.6 Å². The molecule has 1 heterocycles. The Morgan fingerprint density at radius 3 is 2.78 bits per heavy atom. The summed E-state index contributed by atoms with van der Waals surface area (Å²) < 4.78 is 5.25. The van der Waals surface area contributed by atoms with Crippen molar-refractivity contribution in [3.63, 3.8) is 0 Å². The summed E-state index contributed by atoms with van der Waals surface area (Å²) in [6, 6.07) is 5.78. The second-order valence-corrected chi connectivity index (χ2v) is 6.43. The predicted molar refractivity (Wildman–Crippen MR) is 87.8 cm³/mol. The van der Waals surface area contributed by atoms with E-state index < -0.39 is 11.7 Å². The van der Waals surface area contributed by atoms with E-state index in [1.165, 1.54) is 4.79 Å². The summed E-state index contributed by atoms with van der Waals surface area (Å²) in [5.74, 6) is 0. The van der Waals surface area contributed by atoms with Gasteiger partial charge in [0.2, 0.25) is 0 Å². The summed E-state index contributed by atoms with van der Waals surface area (Å²) >= 11 is 0. The van der Waals surface area contributed by atoms with Crippen molar-refractivity contribution in [1.82, 2.24) is 15.1 Å². The quantitative estimate of drug-likeness (QED) is 0.799. The van der Waals surface area contributed by atoms with Crippen LogP contribution in [0.5, 0.6) is 0 Å². The van der Waals surface area contributed by atoms with E-state index in [-0.39, 0.29) is 6.61 Å². The topological polar surface area (TPSA) is 89.3 Å². The van der Waals surface area contributed by atoms with Crippen molar-refractivity contribution in [1.29, 1.82) is 0 Å². The first-order chi connectivity index (χ1) is 10.9. The molecule has 0 atom stereocenters. The van der Waals surface area contributed by atoms with Gasteiger partial charge in [-0.2, -0.15) is 0 Å². The standard InChI is InChI=1S/C16H24N4O3/c1-16(2,3)23-15(22)18-20-14-12(8-5-4-6-11-21)9-7-10-13(14)17-19-20/h7,9-10,21H,4-6,8,11H2,1-3H3,(H,18,22). The van der Waals surface area contributed by atoms with Crippen LogP contribution in [-0.4, -0.2) is 38.5 Å². The molecule has 7 heteroatoms. The number of carbonyl (C=O) groups is 1. The third kappa shape index (κ3) is 4.92. The van der Waals surface area contributed by atoms with E-state index in [4.69, 9.17) is 9.84 Å². The van der Waals surface area contributed by atoms with E-state index in [9.17, 15) is 4.79 Å². The number of aryl methyl sites for hydroxylation is 1. The molecule has 2 rings (SSSR count). The molecule has 1 aromatic carbocycles. The van der Waals surface area contributed by atoms with Crippen molar-refractivity contribution in [2.45, 2.75) is 52.1 Å². The molecule has 0 unspecified atom stereocenters. The molecule has 0 aliphatic rings. The number of ether oxygens (including phenoxy) is 1. The van der Waals surface area contributed by atoms with Gasteiger partial charge >= 0.3 is 6.09 Å². The second-order valence-electron chi connectivity index (χ2n) is 6.43. The van der Waals surface area contributed by atoms with Crippen LogP contribution < -0.4 is 5.43 Å². The van der Waals surface area contributed by atoms with E-state index in [2.05, 4.69) is 15.7 Å². The Morgan fingerprint density at radius 2 is 2.09 bits per heavy atom. The number of hydrogen-bond donors (Lipinski definition) is 2. The van der Waals surface area contributed by atoms with E-state index in [1.54, 1.807) is 20.8 Å². The summed E-state index contributed by atoms with van der Waals surface area (Å²) in [4.78, 5) is 13.3. The number of aromatic nitrogens is 3. The Bertz CT molecular complexity index is 661. The van der Waals surface area contributed by atoms with Crippen LogP contribution in [0.1, 0.15) is 45.6 Å². The number of benzene rings is 1. The molecule has 1 amide bonds. The van der Waals surface area contributed by atoms with Gasteiger partial charge in [0.1, 0.15) is 16.6 Å². The van der Waals surface area contributed by atoms with Crippen LogP contribution in [0, 0.1) is 0 Å². The molecule has 23 heavy (non-hydrogen) atoms. The minimum Gasteiger partial charge on any atom is -0.443 e. The van der Waals surface area contributed by atoms with Gasteiger partial charge in [0.25, 0.3) is 0 Å². The van der Waals surface area contributed by atoms with Gasteiger partial charge in [-0.25, -0.2) is 10.2 Å². The van der Waals surface area contributed by atoms with Crippen molar-refractivity contribution in [2.75, 3.05) is 12.0 Å². The van der Waals surface area contributed by atoms with Crippen LogP contribution in [0.25, 0.3) is 11.0 Å². The third-order valence-corrected chi connectivity index (χ3v) is 3.25. The van der Waals surface area contributed by atoms with Gasteiger partial charge in [-0.05, 0) is 56.9 Å². The zero-order chi connectivity index (χ0) is 16.9. The van der Waals surface area contributed by atoms with Crippen molar-refractivity contribution in [2.24, 2.45) is 0 Å². The fourth-order valence-corrected chi connectivity index (χ4v) is 2.31. The Kier molecular flexibility index (Phi) is 5.54. The van der Waals surface area contributed by atoms with Gasteiger partial charge in [0, 0.05) is 6.61 Å². The number of amides is 1. The van der Waals surface area contributed by atoms with Crippen LogP contribution in [-0.2, 0) is 11.2 Å². The highest BCUT2D eigenvalue weighted by Gasteiger charge is 2.18. The van der Waals surface area contributed by atoms with E-state index in [0.717, 1.165) is 42.3 Å². The van der Waals surface area contributed by atoms with E-state index in [0.29, 0.717) is 0 Å². The fourth-order valence-electron chi connectivity index (χ4n) is 2.31. The Balaban J connectivity index is 2.15. The maximum absolute atomic E-state index is 11.9. The molecular weight excluding hydrogens is 296 g/mol. The highest BCUT2D eigenvalue weighted by atomic mass is 16.6. The van der Waals surface area contributed by atoms with Gasteiger partial charge in [0.15, 0.2) is 0 Å². The molecule has 0 aliphatic carbocycles. The predicted octanol–water partition coefficient (Wildman–Crippen LogP) is 2.62. The van der Waals surface area contributed by atoms with Crippen molar-refractivity contribution in [3.8, 4) is 0 Å². The lowest BCUT2D eigenvalue weighted by molar-refractivity contribution is 0.0610. The molecule has 0 spiro atoms. The molecule has 7 nitrogen and oxygen atoms in total. The van der Waals surface area contributed by atoms with Crippen LogP contribution in [0.4, 0.5) is 4.79 Å². The molecule has 0 radical (unpaired) electrons. The minimum atomic E-state index is -0.576. The largest absolute Gasteiger partial charge is 0.443 e. The summed E-state index contributed by atoms with van der Waals surface area (Å²) in [6.45, 7) is 5.62. The molecule has 0 saturated carbocycles. The minimum absolute atomic E-state index is 0.212. The second kappa shape index (κ2) is 7.41. The van der Waals surface area contributed by atoms with Crippen LogP contribution >= 0.6 is 0 Å².